The minimum Gasteiger partial charge on any atom is -0.497 e. The molecule has 0 aliphatic carbocycles. The van der Waals surface area contributed by atoms with Crippen molar-refractivity contribution in [2.45, 2.75) is 50.4 Å². The van der Waals surface area contributed by atoms with Crippen LogP contribution in [0.2, 0.25) is 0 Å². The Morgan fingerprint density at radius 1 is 1.19 bits per heavy atom. The summed E-state index contributed by atoms with van der Waals surface area (Å²) < 4.78 is 58.8. The van der Waals surface area contributed by atoms with Crippen LogP contribution in [0.3, 0.4) is 0 Å². The Morgan fingerprint density at radius 2 is 1.94 bits per heavy atom. The van der Waals surface area contributed by atoms with E-state index in [9.17, 15) is 27.2 Å². The fourth-order valence-electron chi connectivity index (χ4n) is 3.93. The van der Waals surface area contributed by atoms with Gasteiger partial charge in [-0.2, -0.15) is 13.2 Å². The molecule has 0 saturated carbocycles. The molecule has 9 heteroatoms. The highest BCUT2D eigenvalue weighted by Crippen LogP contribution is 2.33. The van der Waals surface area contributed by atoms with Crippen molar-refractivity contribution >= 4 is 11.8 Å². The molecule has 0 bridgehead atoms. The van der Waals surface area contributed by atoms with E-state index in [1.54, 1.807) is 12.1 Å². The Labute approximate surface area is 183 Å². The fourth-order valence-corrected chi connectivity index (χ4v) is 3.93. The Bertz CT molecular complexity index is 993. The first-order valence-electron chi connectivity index (χ1n) is 10.2. The molecule has 1 aliphatic rings. The number of ether oxygens (including phenoxy) is 1. The summed E-state index contributed by atoms with van der Waals surface area (Å²) in [5.41, 5.74) is -1.24. The topological polar surface area (TPSA) is 67.4 Å². The summed E-state index contributed by atoms with van der Waals surface area (Å²) in [6, 6.07) is 9.50. The molecule has 1 unspecified atom stereocenters. The second kappa shape index (κ2) is 9.58. The van der Waals surface area contributed by atoms with Crippen LogP contribution < -0.4 is 15.4 Å². The Balaban J connectivity index is 1.64. The van der Waals surface area contributed by atoms with Crippen LogP contribution in [0.15, 0.2) is 42.5 Å². The first kappa shape index (κ1) is 23.6. The van der Waals surface area contributed by atoms with Crippen molar-refractivity contribution in [3.63, 3.8) is 0 Å². The molecule has 32 heavy (non-hydrogen) atoms. The van der Waals surface area contributed by atoms with Gasteiger partial charge >= 0.3 is 6.18 Å². The summed E-state index contributed by atoms with van der Waals surface area (Å²) in [5.74, 6) is -0.733. The first-order valence-corrected chi connectivity index (χ1v) is 10.2. The average molecular weight is 452 g/mol. The zero-order chi connectivity index (χ0) is 23.4. The van der Waals surface area contributed by atoms with Crippen molar-refractivity contribution in [2.75, 3.05) is 7.11 Å². The number of rotatable bonds is 8. The van der Waals surface area contributed by atoms with Crippen LogP contribution in [-0.2, 0) is 28.7 Å². The van der Waals surface area contributed by atoms with Crippen LogP contribution in [0, 0.1) is 5.82 Å². The molecule has 1 aliphatic heterocycles. The van der Waals surface area contributed by atoms with Gasteiger partial charge in [0.1, 0.15) is 11.6 Å². The molecule has 5 nitrogen and oxygen atoms in total. The average Bonchev–Trinajstić information content (AvgIpc) is 3.12. The molecule has 1 atom stereocenters. The van der Waals surface area contributed by atoms with Gasteiger partial charge < -0.3 is 15.4 Å². The standard InChI is InChI=1S/C23H24F4N2O3/c1-32-17-7-6-15(19(24)12-17)13-22(11-9-21(31)29-22)10-8-20(30)28-14-16-4-2-3-5-18(16)23(25,26)27/h2-7,12H,8-11,13-14H2,1H3,(H,28,30)(H,29,31). The van der Waals surface area contributed by atoms with Crippen molar-refractivity contribution in [1.29, 1.82) is 0 Å². The monoisotopic (exact) mass is 452 g/mol. The van der Waals surface area contributed by atoms with E-state index in [0.717, 1.165) is 6.07 Å². The van der Waals surface area contributed by atoms with Gasteiger partial charge in [-0.3, -0.25) is 9.59 Å². The van der Waals surface area contributed by atoms with Gasteiger partial charge in [0.05, 0.1) is 12.7 Å². The van der Waals surface area contributed by atoms with Crippen molar-refractivity contribution < 1.29 is 31.9 Å². The maximum absolute atomic E-state index is 14.4. The largest absolute Gasteiger partial charge is 0.497 e. The summed E-state index contributed by atoms with van der Waals surface area (Å²) in [7, 11) is 1.43. The summed E-state index contributed by atoms with van der Waals surface area (Å²) in [4.78, 5) is 24.3. The highest BCUT2D eigenvalue weighted by Gasteiger charge is 2.38. The minimum absolute atomic E-state index is 0.0216. The molecule has 0 aromatic heterocycles. The number of alkyl halides is 3. The molecule has 1 heterocycles. The highest BCUT2D eigenvalue weighted by atomic mass is 19.4. The normalized spacial score (nSPS) is 18.3. The van der Waals surface area contributed by atoms with Crippen molar-refractivity contribution in [3.8, 4) is 5.75 Å². The number of methoxy groups -OCH3 is 1. The third-order valence-electron chi connectivity index (χ3n) is 5.65. The quantitative estimate of drug-likeness (QED) is 0.592. The molecular weight excluding hydrogens is 428 g/mol. The summed E-state index contributed by atoms with van der Waals surface area (Å²) in [6.45, 7) is -0.263. The van der Waals surface area contributed by atoms with Crippen LogP contribution in [0.4, 0.5) is 17.6 Å². The Kier molecular flexibility index (Phi) is 7.06. The number of halogens is 4. The molecule has 0 radical (unpaired) electrons. The molecule has 3 rings (SSSR count). The number of hydrogen-bond acceptors (Lipinski definition) is 3. The zero-order valence-electron chi connectivity index (χ0n) is 17.5. The molecule has 2 amide bonds. The van der Waals surface area contributed by atoms with Crippen molar-refractivity contribution in [2.24, 2.45) is 0 Å². The van der Waals surface area contributed by atoms with E-state index in [-0.39, 0.29) is 43.7 Å². The first-order chi connectivity index (χ1) is 15.1. The maximum atomic E-state index is 14.4. The number of hydrogen-bond donors (Lipinski definition) is 2. The van der Waals surface area contributed by atoms with E-state index >= 15 is 0 Å². The van der Waals surface area contributed by atoms with E-state index in [1.807, 2.05) is 0 Å². The van der Waals surface area contributed by atoms with Gasteiger partial charge in [-0.15, -0.1) is 0 Å². The van der Waals surface area contributed by atoms with Gasteiger partial charge in [0.25, 0.3) is 0 Å². The molecule has 1 fully saturated rings. The molecule has 2 aromatic rings. The number of nitrogens with one attached hydrogen (secondary N) is 2. The third-order valence-corrected chi connectivity index (χ3v) is 5.65. The van der Waals surface area contributed by atoms with E-state index in [0.29, 0.717) is 17.7 Å². The van der Waals surface area contributed by atoms with E-state index in [1.165, 1.54) is 31.4 Å². The molecular formula is C23H24F4N2O3. The Morgan fingerprint density at radius 3 is 2.56 bits per heavy atom. The lowest BCUT2D eigenvalue weighted by Gasteiger charge is -2.29. The molecule has 172 valence electrons. The van der Waals surface area contributed by atoms with Crippen LogP contribution >= 0.6 is 0 Å². The summed E-state index contributed by atoms with van der Waals surface area (Å²) in [6.07, 6.45) is -3.41. The smallest absolute Gasteiger partial charge is 0.416 e. The second-order valence-corrected chi connectivity index (χ2v) is 7.89. The van der Waals surface area contributed by atoms with Crippen LogP contribution in [0.5, 0.6) is 5.75 Å². The summed E-state index contributed by atoms with van der Waals surface area (Å²) >= 11 is 0. The van der Waals surface area contributed by atoms with Crippen molar-refractivity contribution in [3.05, 3.63) is 65.0 Å². The third kappa shape index (κ3) is 5.77. The van der Waals surface area contributed by atoms with Gasteiger partial charge in [-0.25, -0.2) is 4.39 Å². The number of amides is 2. The minimum atomic E-state index is -4.51. The van der Waals surface area contributed by atoms with Gasteiger partial charge in [0.15, 0.2) is 0 Å². The second-order valence-electron chi connectivity index (χ2n) is 7.89. The predicted octanol–water partition coefficient (Wildman–Crippen LogP) is 4.14. The molecule has 1 saturated heterocycles. The number of benzene rings is 2. The van der Waals surface area contributed by atoms with E-state index < -0.39 is 29.0 Å². The lowest BCUT2D eigenvalue weighted by Crippen LogP contribution is -2.44. The SMILES string of the molecule is COc1ccc(CC2(CCC(=O)NCc3ccccc3C(F)(F)F)CCC(=O)N2)c(F)c1. The van der Waals surface area contributed by atoms with Crippen LogP contribution in [-0.4, -0.2) is 24.5 Å². The van der Waals surface area contributed by atoms with Crippen LogP contribution in [0.1, 0.15) is 42.4 Å². The van der Waals surface area contributed by atoms with Gasteiger partial charge in [0.2, 0.25) is 11.8 Å². The molecule has 0 spiro atoms. The number of carbonyl (C=O) groups excluding carboxylic acids is 2. The molecule has 2 aromatic carbocycles. The van der Waals surface area contributed by atoms with Gasteiger partial charge in [-0.1, -0.05) is 24.3 Å². The van der Waals surface area contributed by atoms with E-state index in [2.05, 4.69) is 10.6 Å². The fraction of sp³-hybridized carbons (Fsp3) is 0.391. The predicted molar refractivity (Wildman–Crippen MR) is 109 cm³/mol. The van der Waals surface area contributed by atoms with Crippen molar-refractivity contribution in [1.82, 2.24) is 10.6 Å². The number of carbonyl (C=O) groups is 2. The summed E-state index contributed by atoms with van der Waals surface area (Å²) in [5, 5.41) is 5.38. The lowest BCUT2D eigenvalue weighted by molar-refractivity contribution is -0.138. The maximum Gasteiger partial charge on any atom is 0.416 e. The lowest BCUT2D eigenvalue weighted by atomic mass is 9.84. The Hall–Kier alpha value is -3.10. The van der Waals surface area contributed by atoms with Gasteiger partial charge in [-0.05, 0) is 42.5 Å². The van der Waals surface area contributed by atoms with E-state index in [4.69, 9.17) is 4.74 Å². The van der Waals surface area contributed by atoms with Crippen LogP contribution in [0.25, 0.3) is 0 Å². The molecule has 2 N–H and O–H groups in total. The zero-order valence-corrected chi connectivity index (χ0v) is 17.5. The van der Waals surface area contributed by atoms with Gasteiger partial charge in [0, 0.05) is 31.0 Å². The highest BCUT2D eigenvalue weighted by molar-refractivity contribution is 5.80.